The monoisotopic (exact) mass is 384 g/mol. The standard InChI is InChI=1S/C10H13BrN2O5S2/c1-2-19(16)6-5-12-20(17,18)10-7-8(11)3-4-9(10)13(14)15/h3-4,7,12H,2,5-6H2,1H3. The fourth-order valence-corrected chi connectivity index (χ4v) is 3.85. The molecule has 0 saturated carbocycles. The van der Waals surface area contributed by atoms with Crippen LogP contribution in [0.5, 0.6) is 0 Å². The summed E-state index contributed by atoms with van der Waals surface area (Å²) >= 11 is 3.08. The lowest BCUT2D eigenvalue weighted by atomic mass is 10.3. The number of rotatable bonds is 7. The number of nitrogens with zero attached hydrogens (tertiary/aromatic N) is 1. The van der Waals surface area contributed by atoms with Crippen molar-refractivity contribution in [3.63, 3.8) is 0 Å². The SMILES string of the molecule is CCS(=O)CCNS(=O)(=O)c1cc(Br)ccc1[N+](=O)[O-]. The fraction of sp³-hybridized carbons (Fsp3) is 0.400. The van der Waals surface area contributed by atoms with Gasteiger partial charge < -0.3 is 0 Å². The minimum atomic E-state index is -4.02. The first-order valence-electron chi connectivity index (χ1n) is 5.56. The maximum absolute atomic E-state index is 12.0. The van der Waals surface area contributed by atoms with Crippen molar-refractivity contribution < 1.29 is 17.6 Å². The summed E-state index contributed by atoms with van der Waals surface area (Å²) in [4.78, 5) is 9.68. The van der Waals surface area contributed by atoms with Gasteiger partial charge in [0.2, 0.25) is 10.0 Å². The molecule has 0 aliphatic rings. The molecule has 1 N–H and O–H groups in total. The molecule has 0 aliphatic carbocycles. The van der Waals surface area contributed by atoms with Gasteiger partial charge in [-0.15, -0.1) is 0 Å². The van der Waals surface area contributed by atoms with E-state index in [1.165, 1.54) is 6.07 Å². The molecular weight excluding hydrogens is 372 g/mol. The molecule has 0 saturated heterocycles. The molecule has 1 unspecified atom stereocenters. The van der Waals surface area contributed by atoms with Crippen molar-refractivity contribution >= 4 is 42.4 Å². The molecular formula is C10H13BrN2O5S2. The minimum absolute atomic E-state index is 0.0353. The van der Waals surface area contributed by atoms with E-state index in [1.54, 1.807) is 6.92 Å². The highest BCUT2D eigenvalue weighted by Crippen LogP contribution is 2.26. The molecule has 1 aromatic carbocycles. The molecule has 0 aliphatic heterocycles. The molecule has 0 amide bonds. The highest BCUT2D eigenvalue weighted by atomic mass is 79.9. The molecule has 1 rings (SSSR count). The third kappa shape index (κ3) is 4.62. The van der Waals surface area contributed by atoms with Crippen molar-refractivity contribution in [2.45, 2.75) is 11.8 Å². The number of nitrogens with one attached hydrogen (secondary N) is 1. The maximum atomic E-state index is 12.0. The van der Waals surface area contributed by atoms with Gasteiger partial charge in [0.05, 0.1) is 4.92 Å². The molecule has 0 radical (unpaired) electrons. The zero-order valence-electron chi connectivity index (χ0n) is 10.5. The molecule has 10 heteroatoms. The van der Waals surface area contributed by atoms with E-state index < -0.39 is 36.3 Å². The first-order valence-corrected chi connectivity index (χ1v) is 9.33. The molecule has 112 valence electrons. The molecule has 1 aromatic rings. The Hall–Kier alpha value is -0.840. The van der Waals surface area contributed by atoms with Crippen LogP contribution in [0.15, 0.2) is 27.6 Å². The Balaban J connectivity index is 3.00. The predicted molar refractivity (Wildman–Crippen MR) is 79.5 cm³/mol. The summed E-state index contributed by atoms with van der Waals surface area (Å²) < 4.78 is 37.9. The lowest BCUT2D eigenvalue weighted by molar-refractivity contribution is -0.387. The summed E-state index contributed by atoms with van der Waals surface area (Å²) in [6.07, 6.45) is 0. The van der Waals surface area contributed by atoms with Gasteiger partial charge in [-0.25, -0.2) is 13.1 Å². The van der Waals surface area contributed by atoms with Gasteiger partial charge >= 0.3 is 0 Å². The summed E-state index contributed by atoms with van der Waals surface area (Å²) in [5.74, 6) is 0.594. The summed E-state index contributed by atoms with van der Waals surface area (Å²) in [5.41, 5.74) is -0.502. The van der Waals surface area contributed by atoms with Crippen LogP contribution in [0.1, 0.15) is 6.92 Å². The topological polar surface area (TPSA) is 106 Å². The third-order valence-corrected chi connectivity index (χ3v) is 5.64. The molecule has 0 bridgehead atoms. The maximum Gasteiger partial charge on any atom is 0.289 e. The highest BCUT2D eigenvalue weighted by Gasteiger charge is 2.25. The second kappa shape index (κ2) is 7.25. The van der Waals surface area contributed by atoms with Crippen LogP contribution in [0.25, 0.3) is 0 Å². The van der Waals surface area contributed by atoms with Crippen LogP contribution in [-0.2, 0) is 20.8 Å². The van der Waals surface area contributed by atoms with Gasteiger partial charge in [-0.1, -0.05) is 22.9 Å². The van der Waals surface area contributed by atoms with E-state index in [2.05, 4.69) is 20.7 Å². The van der Waals surface area contributed by atoms with E-state index in [1.807, 2.05) is 0 Å². The first-order chi connectivity index (χ1) is 9.27. The highest BCUT2D eigenvalue weighted by molar-refractivity contribution is 9.10. The zero-order chi connectivity index (χ0) is 15.3. The second-order valence-corrected chi connectivity index (χ2v) is 8.22. The summed E-state index contributed by atoms with van der Waals surface area (Å²) in [5, 5.41) is 10.9. The molecule has 7 nitrogen and oxygen atoms in total. The van der Waals surface area contributed by atoms with Crippen LogP contribution >= 0.6 is 15.9 Å². The number of nitro benzene ring substituents is 1. The molecule has 1 atom stereocenters. The molecule has 0 aromatic heterocycles. The lowest BCUT2D eigenvalue weighted by Crippen LogP contribution is -2.28. The van der Waals surface area contributed by atoms with Gasteiger partial charge in [0.1, 0.15) is 0 Å². The van der Waals surface area contributed by atoms with E-state index in [0.29, 0.717) is 10.2 Å². The molecule has 0 spiro atoms. The minimum Gasteiger partial charge on any atom is -0.260 e. The average Bonchev–Trinajstić information content (AvgIpc) is 2.37. The second-order valence-electron chi connectivity index (χ2n) is 3.70. The Labute approximate surface area is 127 Å². The van der Waals surface area contributed by atoms with Crippen molar-refractivity contribution in [3.05, 3.63) is 32.8 Å². The van der Waals surface area contributed by atoms with E-state index in [0.717, 1.165) is 12.1 Å². The summed E-state index contributed by atoms with van der Waals surface area (Å²) in [6.45, 7) is 1.69. The summed E-state index contributed by atoms with van der Waals surface area (Å²) in [7, 11) is -5.13. The van der Waals surface area contributed by atoms with Crippen molar-refractivity contribution in [2.75, 3.05) is 18.1 Å². The van der Waals surface area contributed by atoms with Crippen molar-refractivity contribution in [3.8, 4) is 0 Å². The smallest absolute Gasteiger partial charge is 0.260 e. The normalized spacial score (nSPS) is 13.1. The average molecular weight is 385 g/mol. The Morgan fingerprint density at radius 3 is 2.65 bits per heavy atom. The Morgan fingerprint density at radius 2 is 2.10 bits per heavy atom. The number of benzene rings is 1. The number of halogens is 1. The third-order valence-electron chi connectivity index (χ3n) is 2.35. The van der Waals surface area contributed by atoms with Crippen LogP contribution in [0.2, 0.25) is 0 Å². The molecule has 20 heavy (non-hydrogen) atoms. The first kappa shape index (κ1) is 17.2. The predicted octanol–water partition coefficient (Wildman–Crippen LogP) is 1.40. The Kier molecular flexibility index (Phi) is 6.24. The number of hydrogen-bond donors (Lipinski definition) is 1. The number of hydrogen-bond acceptors (Lipinski definition) is 5. The van der Waals surface area contributed by atoms with Gasteiger partial charge in [-0.2, -0.15) is 0 Å². The van der Waals surface area contributed by atoms with Gasteiger partial charge in [-0.3, -0.25) is 14.3 Å². The Bertz CT molecular complexity index is 633. The van der Waals surface area contributed by atoms with E-state index in [9.17, 15) is 22.7 Å². The summed E-state index contributed by atoms with van der Waals surface area (Å²) in [6, 6.07) is 3.67. The zero-order valence-corrected chi connectivity index (χ0v) is 13.8. The molecule has 0 heterocycles. The number of sulfonamides is 1. The molecule has 0 fully saturated rings. The van der Waals surface area contributed by atoms with Gasteiger partial charge in [0.25, 0.3) is 5.69 Å². The quantitative estimate of drug-likeness (QED) is 0.564. The largest absolute Gasteiger partial charge is 0.289 e. The van der Waals surface area contributed by atoms with Crippen molar-refractivity contribution in [2.24, 2.45) is 0 Å². The van der Waals surface area contributed by atoms with Gasteiger partial charge in [0, 0.05) is 39.4 Å². The van der Waals surface area contributed by atoms with Crippen molar-refractivity contribution in [1.29, 1.82) is 0 Å². The lowest BCUT2D eigenvalue weighted by Gasteiger charge is -2.07. The van der Waals surface area contributed by atoms with E-state index in [-0.39, 0.29) is 12.3 Å². The number of nitro groups is 1. The van der Waals surface area contributed by atoms with Gasteiger partial charge in [-0.05, 0) is 12.1 Å². The van der Waals surface area contributed by atoms with Gasteiger partial charge in [0.15, 0.2) is 4.90 Å². The van der Waals surface area contributed by atoms with Crippen LogP contribution < -0.4 is 4.72 Å². The van der Waals surface area contributed by atoms with Crippen LogP contribution in [-0.4, -0.2) is 35.6 Å². The van der Waals surface area contributed by atoms with Crippen LogP contribution in [0.4, 0.5) is 5.69 Å². The fourth-order valence-electron chi connectivity index (χ4n) is 1.37. The van der Waals surface area contributed by atoms with E-state index >= 15 is 0 Å². The Morgan fingerprint density at radius 1 is 1.45 bits per heavy atom. The van der Waals surface area contributed by atoms with Crippen LogP contribution in [0, 0.1) is 10.1 Å². The van der Waals surface area contributed by atoms with Crippen molar-refractivity contribution in [1.82, 2.24) is 4.72 Å². The van der Waals surface area contributed by atoms with Crippen LogP contribution in [0.3, 0.4) is 0 Å². The van der Waals surface area contributed by atoms with E-state index in [4.69, 9.17) is 0 Å².